The van der Waals surface area contributed by atoms with Crippen LogP contribution in [0.5, 0.6) is 28.7 Å². The van der Waals surface area contributed by atoms with Crippen LogP contribution >= 0.6 is 0 Å². The fourth-order valence-corrected chi connectivity index (χ4v) is 2.89. The molecule has 0 aliphatic carbocycles. The molecular formula is C22H28O6. The molecule has 0 aromatic heterocycles. The van der Waals surface area contributed by atoms with E-state index in [1.54, 1.807) is 26.2 Å². The topological polar surface area (TPSA) is 66.4 Å². The minimum atomic E-state index is -0.923. The van der Waals surface area contributed by atoms with Crippen molar-refractivity contribution >= 4 is 6.08 Å². The molecule has 0 fully saturated rings. The molecule has 6 nitrogen and oxygen atoms in total. The molecule has 2 aromatic rings. The maximum absolute atomic E-state index is 10.8. The van der Waals surface area contributed by atoms with Crippen molar-refractivity contribution in [2.45, 2.75) is 26.1 Å². The number of hydrogen-bond acceptors (Lipinski definition) is 6. The van der Waals surface area contributed by atoms with Crippen molar-refractivity contribution in [1.82, 2.24) is 0 Å². The van der Waals surface area contributed by atoms with Gasteiger partial charge in [0.1, 0.15) is 12.2 Å². The molecule has 0 spiro atoms. The van der Waals surface area contributed by atoms with Crippen molar-refractivity contribution in [3.63, 3.8) is 0 Å². The van der Waals surface area contributed by atoms with Crippen LogP contribution in [0.2, 0.25) is 0 Å². The normalized spacial score (nSPS) is 13.1. The van der Waals surface area contributed by atoms with Gasteiger partial charge >= 0.3 is 0 Å². The van der Waals surface area contributed by atoms with Crippen LogP contribution in [-0.2, 0) is 0 Å². The first kappa shape index (κ1) is 21.4. The van der Waals surface area contributed by atoms with Gasteiger partial charge in [0.25, 0.3) is 0 Å². The van der Waals surface area contributed by atoms with Gasteiger partial charge in [-0.1, -0.05) is 18.2 Å². The number of rotatable bonds is 9. The molecule has 0 radical (unpaired) electrons. The summed E-state index contributed by atoms with van der Waals surface area (Å²) in [5.41, 5.74) is 1.59. The van der Waals surface area contributed by atoms with E-state index < -0.39 is 12.2 Å². The van der Waals surface area contributed by atoms with Crippen LogP contribution in [0.4, 0.5) is 0 Å². The summed E-state index contributed by atoms with van der Waals surface area (Å²) in [7, 11) is 6.18. The van der Waals surface area contributed by atoms with E-state index in [2.05, 4.69) is 0 Å². The Bertz CT molecular complexity index is 790. The Balaban J connectivity index is 2.29. The SMILES string of the molecule is CC=Cc1ccc(O[C@@H](C)[C@@H](O)c2cc(OC)c(OC)c(OC)c2)c(OC)c1. The third-order valence-electron chi connectivity index (χ3n) is 4.33. The van der Waals surface area contributed by atoms with E-state index in [0.717, 1.165) is 5.56 Å². The van der Waals surface area contributed by atoms with Gasteiger partial charge in [0, 0.05) is 0 Å². The zero-order valence-corrected chi connectivity index (χ0v) is 17.2. The van der Waals surface area contributed by atoms with Crippen molar-refractivity contribution in [1.29, 1.82) is 0 Å². The number of aliphatic hydroxyl groups excluding tert-OH is 1. The van der Waals surface area contributed by atoms with E-state index in [4.69, 9.17) is 23.7 Å². The summed E-state index contributed by atoms with van der Waals surface area (Å²) in [6, 6.07) is 9.05. The summed E-state index contributed by atoms with van der Waals surface area (Å²) in [5, 5.41) is 10.8. The number of ether oxygens (including phenoxy) is 5. The Labute approximate surface area is 166 Å². The van der Waals surface area contributed by atoms with Crippen molar-refractivity contribution in [3.8, 4) is 28.7 Å². The average Bonchev–Trinajstić information content (AvgIpc) is 2.72. The lowest BCUT2D eigenvalue weighted by molar-refractivity contribution is 0.0448. The predicted molar refractivity (Wildman–Crippen MR) is 109 cm³/mol. The van der Waals surface area contributed by atoms with E-state index in [9.17, 15) is 5.11 Å². The monoisotopic (exact) mass is 388 g/mol. The summed E-state index contributed by atoms with van der Waals surface area (Å²) in [5.74, 6) is 2.55. The van der Waals surface area contributed by atoms with Gasteiger partial charge in [-0.25, -0.2) is 0 Å². The second kappa shape index (κ2) is 9.90. The van der Waals surface area contributed by atoms with E-state index in [1.165, 1.54) is 21.3 Å². The molecule has 152 valence electrons. The van der Waals surface area contributed by atoms with Crippen LogP contribution < -0.4 is 23.7 Å². The van der Waals surface area contributed by atoms with E-state index in [-0.39, 0.29) is 0 Å². The van der Waals surface area contributed by atoms with Crippen LogP contribution in [-0.4, -0.2) is 39.6 Å². The second-order valence-corrected chi connectivity index (χ2v) is 6.14. The van der Waals surface area contributed by atoms with Crippen LogP contribution in [0, 0.1) is 0 Å². The summed E-state index contributed by atoms with van der Waals surface area (Å²) < 4.78 is 27.4. The van der Waals surface area contributed by atoms with Gasteiger partial charge in [0.2, 0.25) is 5.75 Å². The average molecular weight is 388 g/mol. The Kier molecular flexibility index (Phi) is 7.58. The van der Waals surface area contributed by atoms with E-state index in [0.29, 0.717) is 34.3 Å². The third kappa shape index (κ3) is 4.70. The molecule has 28 heavy (non-hydrogen) atoms. The molecule has 1 N–H and O–H groups in total. The smallest absolute Gasteiger partial charge is 0.203 e. The van der Waals surface area contributed by atoms with Crippen molar-refractivity contribution in [2.24, 2.45) is 0 Å². The summed E-state index contributed by atoms with van der Waals surface area (Å²) in [6.07, 6.45) is 2.45. The molecule has 2 rings (SSSR count). The minimum absolute atomic E-state index is 0.468. The lowest BCUT2D eigenvalue weighted by Crippen LogP contribution is -2.22. The third-order valence-corrected chi connectivity index (χ3v) is 4.33. The summed E-state index contributed by atoms with van der Waals surface area (Å²) >= 11 is 0. The van der Waals surface area contributed by atoms with Crippen LogP contribution in [0.3, 0.4) is 0 Å². The van der Waals surface area contributed by atoms with Crippen LogP contribution in [0.15, 0.2) is 36.4 Å². The Morgan fingerprint density at radius 3 is 1.93 bits per heavy atom. The molecule has 0 unspecified atom stereocenters. The second-order valence-electron chi connectivity index (χ2n) is 6.14. The number of methoxy groups -OCH3 is 4. The zero-order valence-electron chi connectivity index (χ0n) is 17.2. The van der Waals surface area contributed by atoms with E-state index >= 15 is 0 Å². The van der Waals surface area contributed by atoms with Crippen LogP contribution in [0.25, 0.3) is 6.08 Å². The summed E-state index contributed by atoms with van der Waals surface area (Å²) in [4.78, 5) is 0. The number of hydrogen-bond donors (Lipinski definition) is 1. The fraction of sp³-hybridized carbons (Fsp3) is 0.364. The van der Waals surface area contributed by atoms with Gasteiger partial charge in [0.15, 0.2) is 23.0 Å². The maximum atomic E-state index is 10.8. The quantitative estimate of drug-likeness (QED) is 0.693. The molecule has 2 aromatic carbocycles. The lowest BCUT2D eigenvalue weighted by atomic mass is 10.0. The molecule has 6 heteroatoms. The summed E-state index contributed by atoms with van der Waals surface area (Å²) in [6.45, 7) is 3.74. The Hall–Kier alpha value is -2.86. The van der Waals surface area contributed by atoms with Gasteiger partial charge in [-0.05, 0) is 49.2 Å². The van der Waals surface area contributed by atoms with Crippen molar-refractivity contribution < 1.29 is 28.8 Å². The Morgan fingerprint density at radius 2 is 1.43 bits per heavy atom. The zero-order chi connectivity index (χ0) is 20.7. The molecule has 0 aliphatic rings. The number of allylic oxidation sites excluding steroid dienone is 1. The van der Waals surface area contributed by atoms with E-state index in [1.807, 2.05) is 37.3 Å². The standard InChI is InChI=1S/C22H28O6/c1-7-8-15-9-10-17(18(11-15)24-3)28-14(2)21(23)16-12-19(25-4)22(27-6)20(13-16)26-5/h7-14,21,23H,1-6H3/t14-,21+/m0/s1. The highest BCUT2D eigenvalue weighted by Gasteiger charge is 2.23. The highest BCUT2D eigenvalue weighted by Crippen LogP contribution is 2.40. The van der Waals surface area contributed by atoms with Gasteiger partial charge in [-0.2, -0.15) is 0 Å². The molecule has 0 saturated heterocycles. The molecule has 0 bridgehead atoms. The first-order chi connectivity index (χ1) is 13.5. The molecule has 0 saturated carbocycles. The van der Waals surface area contributed by atoms with Gasteiger partial charge in [-0.15, -0.1) is 0 Å². The molecule has 2 atom stereocenters. The molecule has 0 amide bonds. The van der Waals surface area contributed by atoms with Crippen molar-refractivity contribution in [2.75, 3.05) is 28.4 Å². The van der Waals surface area contributed by atoms with Crippen molar-refractivity contribution in [3.05, 3.63) is 47.5 Å². The maximum Gasteiger partial charge on any atom is 0.203 e. The predicted octanol–water partition coefficient (Wildman–Crippen LogP) is 4.26. The van der Waals surface area contributed by atoms with Crippen LogP contribution in [0.1, 0.15) is 31.1 Å². The Morgan fingerprint density at radius 1 is 0.821 bits per heavy atom. The van der Waals surface area contributed by atoms with Gasteiger partial charge in [0.05, 0.1) is 28.4 Å². The number of aliphatic hydroxyl groups is 1. The lowest BCUT2D eigenvalue weighted by Gasteiger charge is -2.23. The number of benzene rings is 2. The van der Waals surface area contributed by atoms with Gasteiger partial charge in [-0.3, -0.25) is 0 Å². The highest BCUT2D eigenvalue weighted by molar-refractivity contribution is 5.56. The van der Waals surface area contributed by atoms with Gasteiger partial charge < -0.3 is 28.8 Å². The minimum Gasteiger partial charge on any atom is -0.493 e. The first-order valence-electron chi connectivity index (χ1n) is 8.94. The largest absolute Gasteiger partial charge is 0.493 e. The molecular weight excluding hydrogens is 360 g/mol. The fourth-order valence-electron chi connectivity index (χ4n) is 2.89. The molecule has 0 aliphatic heterocycles. The first-order valence-corrected chi connectivity index (χ1v) is 8.94. The molecule has 0 heterocycles. The highest BCUT2D eigenvalue weighted by atomic mass is 16.5.